The molecule has 2 unspecified atom stereocenters. The lowest BCUT2D eigenvalue weighted by molar-refractivity contribution is 0.0643. The van der Waals surface area contributed by atoms with Crippen LogP contribution in [0.15, 0.2) is 0 Å². The van der Waals surface area contributed by atoms with Crippen LogP contribution in [0.4, 0.5) is 0 Å². The molecule has 116 valence electrons. The molecule has 1 heterocycles. The van der Waals surface area contributed by atoms with Crippen molar-refractivity contribution in [1.82, 2.24) is 10.2 Å². The molecule has 0 spiro atoms. The first-order chi connectivity index (χ1) is 9.22. The number of hydrogen-bond donors (Lipinski definition) is 1. The number of piperazine rings is 1. The van der Waals surface area contributed by atoms with Gasteiger partial charge in [-0.15, -0.1) is 0 Å². The van der Waals surface area contributed by atoms with Gasteiger partial charge in [0.05, 0.1) is 0 Å². The minimum atomic E-state index is 0.384. The highest BCUT2D eigenvalue weighted by Gasteiger charge is 2.65. The first-order valence-electron chi connectivity index (χ1n) is 8.71. The van der Waals surface area contributed by atoms with Crippen LogP contribution in [-0.4, -0.2) is 36.1 Å². The minimum absolute atomic E-state index is 0.384. The van der Waals surface area contributed by atoms with E-state index >= 15 is 0 Å². The van der Waals surface area contributed by atoms with Gasteiger partial charge in [-0.2, -0.15) is 0 Å². The van der Waals surface area contributed by atoms with Gasteiger partial charge in [-0.3, -0.25) is 4.90 Å². The van der Waals surface area contributed by atoms with Crippen molar-refractivity contribution >= 4 is 0 Å². The van der Waals surface area contributed by atoms with Gasteiger partial charge in [0, 0.05) is 31.2 Å². The van der Waals surface area contributed by atoms with Crippen molar-refractivity contribution in [3.05, 3.63) is 0 Å². The van der Waals surface area contributed by atoms with Crippen LogP contribution in [-0.2, 0) is 0 Å². The number of rotatable bonds is 4. The first-order valence-corrected chi connectivity index (χ1v) is 8.71. The fourth-order valence-electron chi connectivity index (χ4n) is 4.72. The van der Waals surface area contributed by atoms with Gasteiger partial charge in [0.15, 0.2) is 0 Å². The maximum Gasteiger partial charge on any atom is 0.0309 e. The molecule has 1 aliphatic heterocycles. The minimum Gasteiger partial charge on any atom is -0.308 e. The summed E-state index contributed by atoms with van der Waals surface area (Å²) >= 11 is 0. The lowest BCUT2D eigenvalue weighted by Gasteiger charge is -2.47. The Morgan fingerprint density at radius 3 is 2.10 bits per heavy atom. The predicted octanol–water partition coefficient (Wildman–Crippen LogP) is 3.52. The third-order valence-electron chi connectivity index (χ3n) is 7.48. The zero-order chi connectivity index (χ0) is 14.8. The summed E-state index contributed by atoms with van der Waals surface area (Å²) in [6.45, 7) is 18.4. The standard InChI is InChI=1S/C18H34N2/c1-7-14-10-19-18(6,13-8-9-13)12-20(14)11-15-16(2,3)17(15,4)5/h13-15,19H,7-12H2,1-6H3. The zero-order valence-electron chi connectivity index (χ0n) is 14.4. The highest BCUT2D eigenvalue weighted by Crippen LogP contribution is 2.68. The molecular weight excluding hydrogens is 244 g/mol. The molecule has 0 aromatic heterocycles. The van der Waals surface area contributed by atoms with Crippen LogP contribution in [0.25, 0.3) is 0 Å². The van der Waals surface area contributed by atoms with E-state index in [4.69, 9.17) is 0 Å². The Bertz CT molecular complexity index is 369. The molecule has 0 amide bonds. The Morgan fingerprint density at radius 1 is 1.05 bits per heavy atom. The molecule has 2 aliphatic carbocycles. The Labute approximate surface area is 125 Å². The molecule has 20 heavy (non-hydrogen) atoms. The van der Waals surface area contributed by atoms with Gasteiger partial charge < -0.3 is 5.32 Å². The van der Waals surface area contributed by atoms with Crippen molar-refractivity contribution in [2.45, 2.75) is 72.4 Å². The van der Waals surface area contributed by atoms with E-state index < -0.39 is 0 Å². The van der Waals surface area contributed by atoms with Crippen LogP contribution < -0.4 is 5.32 Å². The number of nitrogens with zero attached hydrogens (tertiary/aromatic N) is 1. The SMILES string of the molecule is CCC1CNC(C)(C2CC2)CN1CC1C(C)(C)C1(C)C. The number of nitrogens with one attached hydrogen (secondary N) is 1. The molecule has 2 nitrogen and oxygen atoms in total. The molecule has 3 aliphatic rings. The second-order valence-corrected chi connectivity index (χ2v) is 9.06. The normalized spacial score (nSPS) is 40.8. The molecule has 1 N–H and O–H groups in total. The predicted molar refractivity (Wildman–Crippen MR) is 85.8 cm³/mol. The van der Waals surface area contributed by atoms with Crippen molar-refractivity contribution in [2.24, 2.45) is 22.7 Å². The van der Waals surface area contributed by atoms with E-state index in [1.165, 1.54) is 38.9 Å². The highest BCUT2D eigenvalue weighted by molar-refractivity contribution is 5.14. The third kappa shape index (κ3) is 2.14. The highest BCUT2D eigenvalue weighted by atomic mass is 15.3. The Balaban J connectivity index is 1.69. The Hall–Kier alpha value is -0.0800. The maximum atomic E-state index is 3.88. The monoisotopic (exact) mass is 278 g/mol. The van der Waals surface area contributed by atoms with Crippen LogP contribution >= 0.6 is 0 Å². The van der Waals surface area contributed by atoms with E-state index in [0.29, 0.717) is 16.4 Å². The zero-order valence-corrected chi connectivity index (χ0v) is 14.4. The van der Waals surface area contributed by atoms with Gasteiger partial charge in [0.25, 0.3) is 0 Å². The summed E-state index contributed by atoms with van der Waals surface area (Å²) in [5, 5.41) is 3.88. The summed E-state index contributed by atoms with van der Waals surface area (Å²) < 4.78 is 0. The maximum absolute atomic E-state index is 3.88. The number of hydrogen-bond acceptors (Lipinski definition) is 2. The lowest BCUT2D eigenvalue weighted by Crippen LogP contribution is -2.64. The van der Waals surface area contributed by atoms with Gasteiger partial charge >= 0.3 is 0 Å². The topological polar surface area (TPSA) is 15.3 Å². The van der Waals surface area contributed by atoms with Crippen LogP contribution in [0.1, 0.15) is 60.8 Å². The Morgan fingerprint density at radius 2 is 1.65 bits per heavy atom. The van der Waals surface area contributed by atoms with Gasteiger partial charge in [-0.05, 0) is 48.9 Å². The van der Waals surface area contributed by atoms with Gasteiger partial charge in [0.1, 0.15) is 0 Å². The van der Waals surface area contributed by atoms with Crippen LogP contribution in [0.3, 0.4) is 0 Å². The van der Waals surface area contributed by atoms with E-state index in [9.17, 15) is 0 Å². The fraction of sp³-hybridized carbons (Fsp3) is 1.00. The third-order valence-corrected chi connectivity index (χ3v) is 7.48. The van der Waals surface area contributed by atoms with Gasteiger partial charge in [-0.25, -0.2) is 0 Å². The lowest BCUT2D eigenvalue weighted by atomic mass is 9.90. The Kier molecular flexibility index (Phi) is 3.31. The van der Waals surface area contributed by atoms with E-state index in [1.54, 1.807) is 0 Å². The molecule has 3 fully saturated rings. The van der Waals surface area contributed by atoms with E-state index in [0.717, 1.165) is 17.9 Å². The molecule has 2 atom stereocenters. The molecule has 0 radical (unpaired) electrons. The second kappa shape index (κ2) is 4.46. The van der Waals surface area contributed by atoms with Crippen LogP contribution in [0.2, 0.25) is 0 Å². The molecule has 3 rings (SSSR count). The van der Waals surface area contributed by atoms with Crippen molar-refractivity contribution in [3.8, 4) is 0 Å². The van der Waals surface area contributed by atoms with E-state index in [1.807, 2.05) is 0 Å². The summed E-state index contributed by atoms with van der Waals surface area (Å²) in [6.07, 6.45) is 4.16. The molecular formula is C18H34N2. The van der Waals surface area contributed by atoms with Crippen molar-refractivity contribution in [2.75, 3.05) is 19.6 Å². The van der Waals surface area contributed by atoms with Crippen LogP contribution in [0, 0.1) is 22.7 Å². The van der Waals surface area contributed by atoms with Crippen LogP contribution in [0.5, 0.6) is 0 Å². The van der Waals surface area contributed by atoms with Crippen molar-refractivity contribution in [3.63, 3.8) is 0 Å². The summed E-state index contributed by atoms with van der Waals surface area (Å²) in [5.74, 6) is 1.80. The summed E-state index contributed by atoms with van der Waals surface area (Å²) in [4.78, 5) is 2.83. The first kappa shape index (κ1) is 14.8. The molecule has 2 saturated carbocycles. The van der Waals surface area contributed by atoms with Crippen molar-refractivity contribution in [1.29, 1.82) is 0 Å². The largest absolute Gasteiger partial charge is 0.308 e. The van der Waals surface area contributed by atoms with E-state index in [-0.39, 0.29) is 0 Å². The molecule has 0 aromatic rings. The van der Waals surface area contributed by atoms with Gasteiger partial charge in [-0.1, -0.05) is 34.6 Å². The quantitative estimate of drug-likeness (QED) is 0.846. The molecule has 2 heteroatoms. The molecule has 0 bridgehead atoms. The average molecular weight is 278 g/mol. The fourth-order valence-corrected chi connectivity index (χ4v) is 4.72. The van der Waals surface area contributed by atoms with Gasteiger partial charge in [0.2, 0.25) is 0 Å². The smallest absolute Gasteiger partial charge is 0.0309 e. The van der Waals surface area contributed by atoms with E-state index in [2.05, 4.69) is 51.8 Å². The summed E-state index contributed by atoms with van der Waals surface area (Å²) in [5.41, 5.74) is 1.42. The molecule has 1 saturated heterocycles. The molecule has 0 aromatic carbocycles. The summed E-state index contributed by atoms with van der Waals surface area (Å²) in [6, 6.07) is 0.744. The average Bonchev–Trinajstić information content (AvgIpc) is 3.25. The summed E-state index contributed by atoms with van der Waals surface area (Å²) in [7, 11) is 0. The van der Waals surface area contributed by atoms with Crippen molar-refractivity contribution < 1.29 is 0 Å². The second-order valence-electron chi connectivity index (χ2n) is 9.06.